The largest absolute Gasteiger partial charge is 0.477 e. The van der Waals surface area contributed by atoms with Gasteiger partial charge in [0, 0.05) is 5.56 Å². The quantitative estimate of drug-likeness (QED) is 0.344. The summed E-state index contributed by atoms with van der Waals surface area (Å²) in [5.74, 6) is -1.33. The summed E-state index contributed by atoms with van der Waals surface area (Å²) in [6, 6.07) is 5.06. The minimum absolute atomic E-state index is 0.431. The first-order valence-electron chi connectivity index (χ1n) is 4.36. The molecule has 9 heteroatoms. The van der Waals surface area contributed by atoms with Crippen LogP contribution in [-0.4, -0.2) is 22.5 Å². The zero-order valence-corrected chi connectivity index (χ0v) is 12.7. The van der Waals surface area contributed by atoms with Gasteiger partial charge in [-0.05, 0) is 12.1 Å². The molecule has 0 bridgehead atoms. The van der Waals surface area contributed by atoms with E-state index in [0.29, 0.717) is 15.6 Å². The zero-order valence-electron chi connectivity index (χ0n) is 8.95. The van der Waals surface area contributed by atoms with Gasteiger partial charge in [-0.25, -0.2) is 4.79 Å². The molecule has 0 aromatic heterocycles. The maximum atomic E-state index is 9.78. The molecule has 0 saturated heterocycles. The lowest BCUT2D eigenvalue weighted by Crippen LogP contribution is -1.93. The summed E-state index contributed by atoms with van der Waals surface area (Å²) in [6.45, 7) is 0. The number of hydrogen-bond donors (Lipinski definition) is 2. The standard InChI is InChI=1S/C7H5Cl2NO.C3HCl3O2/c8-6-2-1-3-7(9)5(6)4-10-11;4-1(2(5)6)3(7)8/h1-4,11H;(H,7,8). The van der Waals surface area contributed by atoms with Gasteiger partial charge in [-0.1, -0.05) is 69.2 Å². The van der Waals surface area contributed by atoms with Crippen molar-refractivity contribution < 1.29 is 15.1 Å². The summed E-state index contributed by atoms with van der Waals surface area (Å²) < 4.78 is -0.431. The lowest BCUT2D eigenvalue weighted by molar-refractivity contribution is -0.131. The summed E-state index contributed by atoms with van der Waals surface area (Å²) in [7, 11) is 0. The number of benzene rings is 1. The molecule has 0 unspecified atom stereocenters. The van der Waals surface area contributed by atoms with Gasteiger partial charge in [0.25, 0.3) is 0 Å². The minimum atomic E-state index is -1.33. The highest BCUT2D eigenvalue weighted by atomic mass is 35.5. The highest BCUT2D eigenvalue weighted by Crippen LogP contribution is 2.21. The fraction of sp³-hybridized carbons (Fsp3) is 0. The van der Waals surface area contributed by atoms with Crippen LogP contribution in [0.4, 0.5) is 0 Å². The third kappa shape index (κ3) is 6.89. The van der Waals surface area contributed by atoms with Gasteiger partial charge in [0.2, 0.25) is 0 Å². The highest BCUT2D eigenvalue weighted by molar-refractivity contribution is 6.62. The first kappa shape index (κ1) is 18.4. The van der Waals surface area contributed by atoms with E-state index in [0.717, 1.165) is 0 Å². The number of carboxylic acids is 1. The molecule has 0 fully saturated rings. The molecule has 1 aromatic rings. The van der Waals surface area contributed by atoms with Crippen LogP contribution in [0.1, 0.15) is 5.56 Å². The molecular weight excluding hydrogens is 359 g/mol. The Morgan fingerprint density at radius 3 is 1.89 bits per heavy atom. The monoisotopic (exact) mass is 363 g/mol. The van der Waals surface area contributed by atoms with Crippen molar-refractivity contribution in [3.8, 4) is 0 Å². The van der Waals surface area contributed by atoms with Gasteiger partial charge in [0.1, 0.15) is 4.49 Å². The number of halogens is 5. The lowest BCUT2D eigenvalue weighted by atomic mass is 10.2. The van der Waals surface area contributed by atoms with Crippen LogP contribution in [0.5, 0.6) is 0 Å². The molecule has 19 heavy (non-hydrogen) atoms. The Bertz CT molecular complexity index is 492. The van der Waals surface area contributed by atoms with Crippen molar-refractivity contribution in [2.75, 3.05) is 0 Å². The average molecular weight is 365 g/mol. The zero-order chi connectivity index (χ0) is 15.0. The second-order valence-electron chi connectivity index (χ2n) is 2.76. The molecule has 0 aliphatic carbocycles. The van der Waals surface area contributed by atoms with Gasteiger partial charge in [-0.3, -0.25) is 0 Å². The summed E-state index contributed by atoms with van der Waals surface area (Å²) >= 11 is 26.3. The first-order valence-corrected chi connectivity index (χ1v) is 6.25. The van der Waals surface area contributed by atoms with E-state index in [2.05, 4.69) is 5.16 Å². The molecule has 0 aliphatic heterocycles. The van der Waals surface area contributed by atoms with Crippen LogP contribution < -0.4 is 0 Å². The molecule has 1 aromatic carbocycles. The van der Waals surface area contributed by atoms with Gasteiger partial charge < -0.3 is 10.3 Å². The molecule has 2 N–H and O–H groups in total. The van der Waals surface area contributed by atoms with Crippen LogP contribution in [0.15, 0.2) is 32.9 Å². The molecule has 0 amide bonds. The van der Waals surface area contributed by atoms with Crippen molar-refractivity contribution in [2.45, 2.75) is 0 Å². The van der Waals surface area contributed by atoms with E-state index in [1.54, 1.807) is 18.2 Å². The van der Waals surface area contributed by atoms with Crippen LogP contribution in [0.25, 0.3) is 0 Å². The minimum Gasteiger partial charge on any atom is -0.477 e. The Labute approximate surface area is 133 Å². The van der Waals surface area contributed by atoms with E-state index >= 15 is 0 Å². The van der Waals surface area contributed by atoms with E-state index in [-0.39, 0.29) is 0 Å². The molecule has 1 rings (SSSR count). The molecule has 0 heterocycles. The van der Waals surface area contributed by atoms with Crippen molar-refractivity contribution >= 4 is 70.2 Å². The summed E-state index contributed by atoms with van der Waals surface area (Å²) in [5.41, 5.74) is 0.526. The molecule has 0 saturated carbocycles. The van der Waals surface area contributed by atoms with E-state index in [4.69, 9.17) is 68.3 Å². The van der Waals surface area contributed by atoms with Gasteiger partial charge in [-0.2, -0.15) is 0 Å². The lowest BCUT2D eigenvalue weighted by Gasteiger charge is -1.97. The fourth-order valence-corrected chi connectivity index (χ4v) is 1.43. The molecule has 0 radical (unpaired) electrons. The molecule has 4 nitrogen and oxygen atoms in total. The highest BCUT2D eigenvalue weighted by Gasteiger charge is 2.06. The topological polar surface area (TPSA) is 69.9 Å². The third-order valence-corrected chi connectivity index (χ3v) is 3.12. The van der Waals surface area contributed by atoms with Crippen molar-refractivity contribution in [3.63, 3.8) is 0 Å². The Morgan fingerprint density at radius 1 is 1.16 bits per heavy atom. The molecule has 0 spiro atoms. The fourth-order valence-electron chi connectivity index (χ4n) is 0.773. The molecule has 0 atom stereocenters. The maximum absolute atomic E-state index is 9.78. The predicted octanol–water partition coefficient (Wildman–Crippen LogP) is 4.76. The van der Waals surface area contributed by atoms with Crippen LogP contribution >= 0.6 is 58.0 Å². The maximum Gasteiger partial charge on any atom is 0.349 e. The van der Waals surface area contributed by atoms with Crippen LogP contribution in [0, 0.1) is 0 Å². The van der Waals surface area contributed by atoms with E-state index < -0.39 is 15.5 Å². The number of nitrogens with zero attached hydrogens (tertiary/aromatic N) is 1. The third-order valence-electron chi connectivity index (χ3n) is 1.54. The average Bonchev–Trinajstić information content (AvgIpc) is 2.33. The molecule has 104 valence electrons. The van der Waals surface area contributed by atoms with Crippen LogP contribution in [-0.2, 0) is 4.79 Å². The number of rotatable bonds is 2. The Morgan fingerprint density at radius 2 is 1.63 bits per heavy atom. The number of aliphatic carboxylic acids is 1. The number of carboxylic acid groups (broad SMARTS) is 1. The summed E-state index contributed by atoms with van der Waals surface area (Å²) in [4.78, 5) is 9.78. The van der Waals surface area contributed by atoms with Crippen molar-refractivity contribution in [3.05, 3.63) is 43.3 Å². The Hall–Kier alpha value is -0.650. The van der Waals surface area contributed by atoms with Gasteiger partial charge in [0.05, 0.1) is 16.3 Å². The predicted molar refractivity (Wildman–Crippen MR) is 78.1 cm³/mol. The normalized spacial score (nSPS) is 9.74. The second-order valence-corrected chi connectivity index (χ2v) is 4.90. The summed E-state index contributed by atoms with van der Waals surface area (Å²) in [5, 5.41) is 19.4. The Balaban J connectivity index is 0.000000362. The van der Waals surface area contributed by atoms with E-state index in [1.165, 1.54) is 6.21 Å². The van der Waals surface area contributed by atoms with Crippen LogP contribution in [0.2, 0.25) is 10.0 Å². The second kappa shape index (κ2) is 9.28. The SMILES string of the molecule is O=C(O)C(Cl)=C(Cl)Cl.ON=Cc1c(Cl)cccc1Cl. The smallest absolute Gasteiger partial charge is 0.349 e. The summed E-state index contributed by atoms with van der Waals surface area (Å²) in [6.07, 6.45) is 1.20. The molecule has 0 aliphatic rings. The first-order chi connectivity index (χ1) is 8.81. The number of carbonyl (C=O) groups is 1. The van der Waals surface area contributed by atoms with E-state index in [9.17, 15) is 4.79 Å². The number of hydrogen-bond acceptors (Lipinski definition) is 3. The number of oxime groups is 1. The Kier molecular flexibility index (Phi) is 8.97. The van der Waals surface area contributed by atoms with Gasteiger partial charge in [0.15, 0.2) is 5.03 Å². The van der Waals surface area contributed by atoms with Crippen LogP contribution in [0.3, 0.4) is 0 Å². The van der Waals surface area contributed by atoms with E-state index in [1.807, 2.05) is 0 Å². The van der Waals surface area contributed by atoms with Gasteiger partial charge >= 0.3 is 5.97 Å². The van der Waals surface area contributed by atoms with Crippen molar-refractivity contribution in [2.24, 2.45) is 5.16 Å². The van der Waals surface area contributed by atoms with Crippen molar-refractivity contribution in [1.82, 2.24) is 0 Å². The van der Waals surface area contributed by atoms with Crippen molar-refractivity contribution in [1.29, 1.82) is 0 Å². The molecular formula is C10H6Cl5NO3. The van der Waals surface area contributed by atoms with Gasteiger partial charge in [-0.15, -0.1) is 0 Å².